The molecule has 0 saturated carbocycles. The molecule has 0 atom stereocenters. The van der Waals surface area contributed by atoms with Gasteiger partial charge in [-0.3, -0.25) is 4.98 Å². The molecule has 0 N–H and O–H groups in total. The summed E-state index contributed by atoms with van der Waals surface area (Å²) in [5.41, 5.74) is 1.39. The zero-order chi connectivity index (χ0) is 9.26. The van der Waals surface area contributed by atoms with Gasteiger partial charge in [-0.2, -0.15) is 0 Å². The van der Waals surface area contributed by atoms with Crippen molar-refractivity contribution >= 4 is 10.9 Å². The summed E-state index contributed by atoms with van der Waals surface area (Å²) in [6.07, 6.45) is 6.89. The van der Waals surface area contributed by atoms with E-state index in [1.807, 2.05) is 0 Å². The molecule has 0 saturated heterocycles. The maximum Gasteiger partial charge on any atom is 0.124 e. The highest BCUT2D eigenvalue weighted by Crippen LogP contribution is 2.16. The third-order valence-corrected chi connectivity index (χ3v) is 1.86. The Labute approximate surface area is 75.2 Å². The van der Waals surface area contributed by atoms with Gasteiger partial charge in [-0.05, 0) is 24.3 Å². The van der Waals surface area contributed by atoms with Crippen LogP contribution in [0.2, 0.25) is 0 Å². The second kappa shape index (κ2) is 2.87. The fraction of sp³-hybridized carbons (Fsp3) is 0. The van der Waals surface area contributed by atoms with E-state index in [4.69, 9.17) is 6.42 Å². The number of aromatic nitrogens is 1. The van der Waals surface area contributed by atoms with Crippen molar-refractivity contribution in [1.29, 1.82) is 0 Å². The Hall–Kier alpha value is -1.88. The van der Waals surface area contributed by atoms with Gasteiger partial charge < -0.3 is 0 Å². The summed E-state index contributed by atoms with van der Waals surface area (Å²) in [5.74, 6) is 2.20. The lowest BCUT2D eigenvalue weighted by molar-refractivity contribution is 0.629. The average Bonchev–Trinajstić information content (AvgIpc) is 2.17. The number of pyridine rings is 1. The Balaban J connectivity index is 2.89. The molecular formula is C11H6FN. The number of halogens is 1. The van der Waals surface area contributed by atoms with Crippen molar-refractivity contribution in [2.75, 3.05) is 0 Å². The molecular weight excluding hydrogens is 165 g/mol. The van der Waals surface area contributed by atoms with Gasteiger partial charge in [0.25, 0.3) is 0 Å². The lowest BCUT2D eigenvalue weighted by Gasteiger charge is -1.98. The summed E-state index contributed by atoms with van der Waals surface area (Å²) in [5, 5.41) is 0.685. The maximum absolute atomic E-state index is 12.9. The Kier molecular flexibility index (Phi) is 1.71. The van der Waals surface area contributed by atoms with Gasteiger partial charge in [0.15, 0.2) is 0 Å². The monoisotopic (exact) mass is 171 g/mol. The number of terminal acetylenes is 1. The van der Waals surface area contributed by atoms with Crippen LogP contribution in [0.15, 0.2) is 30.5 Å². The molecule has 0 unspecified atom stereocenters. The molecule has 2 rings (SSSR count). The molecule has 0 bridgehead atoms. The van der Waals surface area contributed by atoms with Crippen molar-refractivity contribution in [3.8, 4) is 12.3 Å². The molecule has 0 amide bonds. The van der Waals surface area contributed by atoms with Crippen LogP contribution in [0.3, 0.4) is 0 Å². The Morgan fingerprint density at radius 1 is 1.31 bits per heavy atom. The summed E-state index contributed by atoms with van der Waals surface area (Å²) < 4.78 is 12.9. The highest BCUT2D eigenvalue weighted by Gasteiger charge is 2.00. The number of hydrogen-bond donors (Lipinski definition) is 0. The Morgan fingerprint density at radius 2 is 2.15 bits per heavy atom. The van der Waals surface area contributed by atoms with Gasteiger partial charge in [-0.25, -0.2) is 4.39 Å². The highest BCUT2D eigenvalue weighted by atomic mass is 19.1. The van der Waals surface area contributed by atoms with E-state index in [1.165, 1.54) is 12.1 Å². The molecule has 0 radical (unpaired) electrons. The summed E-state index contributed by atoms with van der Waals surface area (Å²) in [7, 11) is 0. The zero-order valence-electron chi connectivity index (χ0n) is 6.79. The second-order valence-corrected chi connectivity index (χ2v) is 2.66. The molecule has 0 aliphatic rings. The predicted octanol–water partition coefficient (Wildman–Crippen LogP) is 2.36. The van der Waals surface area contributed by atoms with Crippen molar-refractivity contribution in [2.45, 2.75) is 0 Å². The van der Waals surface area contributed by atoms with Crippen molar-refractivity contribution in [3.05, 3.63) is 41.8 Å². The van der Waals surface area contributed by atoms with Crippen LogP contribution < -0.4 is 0 Å². The highest BCUT2D eigenvalue weighted by molar-refractivity contribution is 5.84. The summed E-state index contributed by atoms with van der Waals surface area (Å²) in [6.45, 7) is 0. The Bertz CT molecular complexity index is 497. The molecule has 0 spiro atoms. The summed E-state index contributed by atoms with van der Waals surface area (Å²) in [4.78, 5) is 4.07. The van der Waals surface area contributed by atoms with Gasteiger partial charge in [-0.15, -0.1) is 6.42 Å². The lowest BCUT2D eigenvalue weighted by atomic mass is 10.1. The van der Waals surface area contributed by atoms with Crippen LogP contribution >= 0.6 is 0 Å². The third kappa shape index (κ3) is 1.25. The van der Waals surface area contributed by atoms with Crippen LogP contribution in [0.4, 0.5) is 4.39 Å². The normalized spacial score (nSPS) is 9.85. The van der Waals surface area contributed by atoms with Crippen molar-refractivity contribution in [1.82, 2.24) is 4.98 Å². The second-order valence-electron chi connectivity index (χ2n) is 2.66. The average molecular weight is 171 g/mol. The van der Waals surface area contributed by atoms with Crippen LogP contribution in [0.25, 0.3) is 10.9 Å². The van der Waals surface area contributed by atoms with E-state index in [1.54, 1.807) is 18.3 Å². The Morgan fingerprint density at radius 3 is 2.92 bits per heavy atom. The van der Waals surface area contributed by atoms with Crippen LogP contribution in [0.1, 0.15) is 5.56 Å². The number of hydrogen-bond acceptors (Lipinski definition) is 1. The van der Waals surface area contributed by atoms with Gasteiger partial charge in [-0.1, -0.05) is 5.92 Å². The van der Waals surface area contributed by atoms with Crippen LogP contribution in [0.5, 0.6) is 0 Å². The fourth-order valence-corrected chi connectivity index (χ4v) is 1.24. The van der Waals surface area contributed by atoms with E-state index in [2.05, 4.69) is 10.9 Å². The van der Waals surface area contributed by atoms with Crippen molar-refractivity contribution in [2.24, 2.45) is 0 Å². The van der Waals surface area contributed by atoms with Crippen molar-refractivity contribution < 1.29 is 4.39 Å². The zero-order valence-corrected chi connectivity index (χ0v) is 6.79. The molecule has 1 aromatic heterocycles. The largest absolute Gasteiger partial charge is 0.256 e. The van der Waals surface area contributed by atoms with Crippen molar-refractivity contribution in [3.63, 3.8) is 0 Å². The first-order valence-corrected chi connectivity index (χ1v) is 3.82. The molecule has 1 heterocycles. The minimum atomic E-state index is -0.294. The fourth-order valence-electron chi connectivity index (χ4n) is 1.24. The maximum atomic E-state index is 12.9. The quantitative estimate of drug-likeness (QED) is 0.554. The molecule has 2 aromatic rings. The van der Waals surface area contributed by atoms with E-state index in [9.17, 15) is 4.39 Å². The predicted molar refractivity (Wildman–Crippen MR) is 49.6 cm³/mol. The first-order chi connectivity index (χ1) is 6.31. The van der Waals surface area contributed by atoms with Gasteiger partial charge >= 0.3 is 0 Å². The van der Waals surface area contributed by atoms with Crippen LogP contribution in [0, 0.1) is 18.2 Å². The molecule has 62 valence electrons. The lowest BCUT2D eigenvalue weighted by Crippen LogP contribution is -1.84. The molecule has 0 aliphatic heterocycles. The first kappa shape index (κ1) is 7.75. The van der Waals surface area contributed by atoms with Crippen LogP contribution in [-0.4, -0.2) is 4.98 Å². The smallest absolute Gasteiger partial charge is 0.124 e. The topological polar surface area (TPSA) is 12.9 Å². The van der Waals surface area contributed by atoms with Gasteiger partial charge in [0.2, 0.25) is 0 Å². The molecule has 13 heavy (non-hydrogen) atoms. The van der Waals surface area contributed by atoms with Gasteiger partial charge in [0.1, 0.15) is 5.82 Å². The first-order valence-electron chi connectivity index (χ1n) is 3.82. The van der Waals surface area contributed by atoms with E-state index in [0.717, 1.165) is 5.52 Å². The number of fused-ring (bicyclic) bond motifs is 1. The summed E-state index contributed by atoms with van der Waals surface area (Å²) in [6, 6.07) is 6.08. The minimum absolute atomic E-state index is 0.294. The molecule has 1 nitrogen and oxygen atoms in total. The third-order valence-electron chi connectivity index (χ3n) is 1.86. The minimum Gasteiger partial charge on any atom is -0.256 e. The van der Waals surface area contributed by atoms with E-state index in [0.29, 0.717) is 10.9 Å². The van der Waals surface area contributed by atoms with E-state index in [-0.39, 0.29) is 5.82 Å². The van der Waals surface area contributed by atoms with E-state index >= 15 is 0 Å². The SMILES string of the molecule is C#Cc1ccnc2ccc(F)cc12. The summed E-state index contributed by atoms with van der Waals surface area (Å²) >= 11 is 0. The number of rotatable bonds is 0. The molecule has 1 aromatic carbocycles. The van der Waals surface area contributed by atoms with Crippen LogP contribution in [-0.2, 0) is 0 Å². The van der Waals surface area contributed by atoms with Gasteiger partial charge in [0, 0.05) is 17.1 Å². The molecule has 0 aliphatic carbocycles. The molecule has 2 heteroatoms. The molecule has 0 fully saturated rings. The van der Waals surface area contributed by atoms with Gasteiger partial charge in [0.05, 0.1) is 5.52 Å². The number of nitrogens with zero attached hydrogens (tertiary/aromatic N) is 1. The standard InChI is InChI=1S/C11H6FN/c1-2-8-5-6-13-11-4-3-9(12)7-10(8)11/h1,3-7H. The van der Waals surface area contributed by atoms with E-state index < -0.39 is 0 Å². The number of benzene rings is 1.